The van der Waals surface area contributed by atoms with E-state index >= 15 is 0 Å². The first-order valence-electron chi connectivity index (χ1n) is 8.57. The van der Waals surface area contributed by atoms with Gasteiger partial charge in [-0.05, 0) is 43.1 Å². The Labute approximate surface area is 147 Å². The van der Waals surface area contributed by atoms with Crippen molar-refractivity contribution in [3.8, 4) is 0 Å². The van der Waals surface area contributed by atoms with Gasteiger partial charge in [-0.3, -0.25) is 4.79 Å². The number of hydrogen-bond acceptors (Lipinski definition) is 2. The third-order valence-corrected chi connectivity index (χ3v) is 5.06. The van der Waals surface area contributed by atoms with E-state index in [1.165, 1.54) is 5.56 Å². The molecule has 23 heavy (non-hydrogen) atoms. The molecule has 1 aromatic rings. The molecule has 130 valence electrons. The number of rotatable bonds is 5. The number of piperidine rings is 1. The van der Waals surface area contributed by atoms with Gasteiger partial charge in [0.1, 0.15) is 0 Å². The van der Waals surface area contributed by atoms with E-state index in [9.17, 15) is 4.79 Å². The number of likely N-dealkylation sites (tertiary alicyclic amines) is 1. The SMILES string of the molecule is CC(C)C(CC(=O)N1CCC(C(C)N)CC1)c1ccccc1.Cl. The highest BCUT2D eigenvalue weighted by Gasteiger charge is 2.27. The molecule has 0 radical (unpaired) electrons. The molecule has 1 aliphatic heterocycles. The zero-order chi connectivity index (χ0) is 16.1. The zero-order valence-corrected chi connectivity index (χ0v) is 15.4. The molecule has 2 unspecified atom stereocenters. The van der Waals surface area contributed by atoms with Gasteiger partial charge in [0.25, 0.3) is 0 Å². The number of carbonyl (C=O) groups excluding carboxylic acids is 1. The van der Waals surface area contributed by atoms with Gasteiger partial charge in [-0.1, -0.05) is 44.2 Å². The summed E-state index contributed by atoms with van der Waals surface area (Å²) in [6.45, 7) is 8.21. The van der Waals surface area contributed by atoms with Crippen LogP contribution >= 0.6 is 12.4 Å². The second-order valence-corrected chi connectivity index (χ2v) is 7.04. The van der Waals surface area contributed by atoms with Crippen LogP contribution in [-0.4, -0.2) is 29.9 Å². The molecular formula is C19H31ClN2O. The average molecular weight is 339 g/mol. The maximum atomic E-state index is 12.7. The van der Waals surface area contributed by atoms with E-state index in [0.29, 0.717) is 30.1 Å². The molecule has 0 aliphatic carbocycles. The molecule has 1 aromatic carbocycles. The van der Waals surface area contributed by atoms with Crippen LogP contribution in [0.2, 0.25) is 0 Å². The van der Waals surface area contributed by atoms with Crippen molar-refractivity contribution in [2.24, 2.45) is 17.6 Å². The van der Waals surface area contributed by atoms with Crippen molar-refractivity contribution in [3.05, 3.63) is 35.9 Å². The Morgan fingerprint density at radius 1 is 1.17 bits per heavy atom. The summed E-state index contributed by atoms with van der Waals surface area (Å²) in [7, 11) is 0. The van der Waals surface area contributed by atoms with E-state index in [0.717, 1.165) is 25.9 Å². The van der Waals surface area contributed by atoms with E-state index in [2.05, 4.69) is 45.0 Å². The Morgan fingerprint density at radius 3 is 2.22 bits per heavy atom. The van der Waals surface area contributed by atoms with Crippen LogP contribution in [0.5, 0.6) is 0 Å². The fourth-order valence-corrected chi connectivity index (χ4v) is 3.43. The lowest BCUT2D eigenvalue weighted by Gasteiger charge is -2.35. The van der Waals surface area contributed by atoms with Crippen molar-refractivity contribution >= 4 is 18.3 Å². The second kappa shape index (κ2) is 9.29. The fraction of sp³-hybridized carbons (Fsp3) is 0.632. The summed E-state index contributed by atoms with van der Waals surface area (Å²) in [5.41, 5.74) is 7.26. The minimum atomic E-state index is 0. The molecule has 2 atom stereocenters. The summed E-state index contributed by atoms with van der Waals surface area (Å²) >= 11 is 0. The summed E-state index contributed by atoms with van der Waals surface area (Å²) in [5, 5.41) is 0. The van der Waals surface area contributed by atoms with E-state index in [-0.39, 0.29) is 18.4 Å². The molecule has 1 heterocycles. The summed E-state index contributed by atoms with van der Waals surface area (Å²) in [5.74, 6) is 1.64. The Kier molecular flexibility index (Phi) is 8.07. The number of halogens is 1. The number of amides is 1. The highest BCUT2D eigenvalue weighted by atomic mass is 35.5. The van der Waals surface area contributed by atoms with Gasteiger partial charge in [-0.2, -0.15) is 0 Å². The molecule has 2 N–H and O–H groups in total. The molecule has 0 aromatic heterocycles. The Morgan fingerprint density at radius 2 is 1.74 bits per heavy atom. The first-order valence-corrected chi connectivity index (χ1v) is 8.57. The lowest BCUT2D eigenvalue weighted by molar-refractivity contribution is -0.133. The standard InChI is InChI=1S/C19H30N2O.ClH/c1-14(2)18(17-7-5-4-6-8-17)13-19(22)21-11-9-16(10-12-21)15(3)20;/h4-8,14-16,18H,9-13,20H2,1-3H3;1H. The number of nitrogens with zero attached hydrogens (tertiary/aromatic N) is 1. The van der Waals surface area contributed by atoms with E-state index in [4.69, 9.17) is 5.73 Å². The third kappa shape index (κ3) is 5.50. The summed E-state index contributed by atoms with van der Waals surface area (Å²) in [6.07, 6.45) is 2.70. The minimum Gasteiger partial charge on any atom is -0.343 e. The molecule has 2 rings (SSSR count). The topological polar surface area (TPSA) is 46.3 Å². The lowest BCUT2D eigenvalue weighted by atomic mass is 9.85. The Bertz CT molecular complexity index is 468. The number of benzene rings is 1. The van der Waals surface area contributed by atoms with Gasteiger partial charge in [-0.25, -0.2) is 0 Å². The first-order chi connectivity index (χ1) is 10.5. The molecule has 1 amide bonds. The highest BCUT2D eigenvalue weighted by molar-refractivity contribution is 5.85. The van der Waals surface area contributed by atoms with Crippen molar-refractivity contribution in [1.82, 2.24) is 4.90 Å². The third-order valence-electron chi connectivity index (χ3n) is 5.06. The predicted molar refractivity (Wildman–Crippen MR) is 98.8 cm³/mol. The number of nitrogens with two attached hydrogens (primary N) is 1. The quantitative estimate of drug-likeness (QED) is 0.887. The van der Waals surface area contributed by atoms with Crippen molar-refractivity contribution in [3.63, 3.8) is 0 Å². The fourth-order valence-electron chi connectivity index (χ4n) is 3.43. The van der Waals surface area contributed by atoms with Crippen LogP contribution in [0.25, 0.3) is 0 Å². The molecule has 0 spiro atoms. The minimum absolute atomic E-state index is 0. The number of carbonyl (C=O) groups is 1. The van der Waals surface area contributed by atoms with Crippen LogP contribution in [-0.2, 0) is 4.79 Å². The van der Waals surface area contributed by atoms with Crippen LogP contribution in [0.4, 0.5) is 0 Å². The molecule has 1 aliphatic rings. The van der Waals surface area contributed by atoms with Gasteiger partial charge in [0.05, 0.1) is 0 Å². The summed E-state index contributed by atoms with van der Waals surface area (Å²) in [4.78, 5) is 14.7. The van der Waals surface area contributed by atoms with E-state index in [1.807, 2.05) is 11.0 Å². The largest absolute Gasteiger partial charge is 0.343 e. The van der Waals surface area contributed by atoms with Crippen molar-refractivity contribution in [2.45, 2.75) is 52.0 Å². The number of hydrogen-bond donors (Lipinski definition) is 1. The van der Waals surface area contributed by atoms with E-state index in [1.54, 1.807) is 0 Å². The summed E-state index contributed by atoms with van der Waals surface area (Å²) < 4.78 is 0. The molecule has 4 heteroatoms. The monoisotopic (exact) mass is 338 g/mol. The molecule has 1 saturated heterocycles. The van der Waals surface area contributed by atoms with Gasteiger partial charge in [0.2, 0.25) is 5.91 Å². The molecule has 0 bridgehead atoms. The van der Waals surface area contributed by atoms with Crippen molar-refractivity contribution in [1.29, 1.82) is 0 Å². The molecule has 1 fully saturated rings. The Hall–Kier alpha value is -1.06. The maximum absolute atomic E-state index is 12.7. The smallest absolute Gasteiger partial charge is 0.223 e. The molecule has 3 nitrogen and oxygen atoms in total. The van der Waals surface area contributed by atoms with Crippen LogP contribution in [0, 0.1) is 11.8 Å². The Balaban J connectivity index is 0.00000264. The van der Waals surface area contributed by atoms with Crippen molar-refractivity contribution in [2.75, 3.05) is 13.1 Å². The second-order valence-electron chi connectivity index (χ2n) is 7.04. The molecular weight excluding hydrogens is 308 g/mol. The van der Waals surface area contributed by atoms with Crippen LogP contribution in [0.3, 0.4) is 0 Å². The van der Waals surface area contributed by atoms with Gasteiger partial charge in [0.15, 0.2) is 0 Å². The molecule has 0 saturated carbocycles. The summed E-state index contributed by atoms with van der Waals surface area (Å²) in [6, 6.07) is 10.7. The average Bonchev–Trinajstić information content (AvgIpc) is 2.53. The maximum Gasteiger partial charge on any atom is 0.223 e. The van der Waals surface area contributed by atoms with Gasteiger partial charge >= 0.3 is 0 Å². The predicted octanol–water partition coefficient (Wildman–Crippen LogP) is 3.82. The zero-order valence-electron chi connectivity index (χ0n) is 14.6. The first kappa shape index (κ1) is 20.0. The van der Waals surface area contributed by atoms with Crippen molar-refractivity contribution < 1.29 is 4.79 Å². The highest BCUT2D eigenvalue weighted by Crippen LogP contribution is 2.29. The van der Waals surface area contributed by atoms with Crippen LogP contribution < -0.4 is 5.73 Å². The van der Waals surface area contributed by atoms with Crippen LogP contribution in [0.15, 0.2) is 30.3 Å². The normalized spacial score (nSPS) is 18.4. The lowest BCUT2D eigenvalue weighted by Crippen LogP contribution is -2.43. The van der Waals surface area contributed by atoms with Gasteiger partial charge in [0, 0.05) is 25.6 Å². The van der Waals surface area contributed by atoms with Crippen LogP contribution in [0.1, 0.15) is 51.5 Å². The van der Waals surface area contributed by atoms with E-state index < -0.39 is 0 Å². The van der Waals surface area contributed by atoms with Gasteiger partial charge < -0.3 is 10.6 Å². The van der Waals surface area contributed by atoms with Gasteiger partial charge in [-0.15, -0.1) is 12.4 Å².